The van der Waals surface area contributed by atoms with Gasteiger partial charge < -0.3 is 14.8 Å². The van der Waals surface area contributed by atoms with Crippen molar-refractivity contribution in [3.8, 4) is 5.75 Å². The Morgan fingerprint density at radius 1 is 0.938 bits per heavy atom. The fraction of sp³-hybridized carbons (Fsp3) is 0.219. The number of hydrogen-bond acceptors (Lipinski definition) is 11. The van der Waals surface area contributed by atoms with Gasteiger partial charge in [0, 0.05) is 16.5 Å². The van der Waals surface area contributed by atoms with Gasteiger partial charge in [-0.2, -0.15) is 0 Å². The van der Waals surface area contributed by atoms with Crippen molar-refractivity contribution in [2.75, 3.05) is 23.9 Å². The first-order valence-corrected chi connectivity index (χ1v) is 17.8. The molecule has 3 aromatic carbocycles. The number of carbonyl (C=O) groups excluding carboxylic acids is 4. The molecule has 1 aromatic heterocycles. The summed E-state index contributed by atoms with van der Waals surface area (Å²) in [5.41, 5.74) is 1.53. The number of nitrogens with two attached hydrogens (primary N) is 1. The average molecular weight is 709 g/mol. The first-order chi connectivity index (χ1) is 22.9. The largest absolute Gasteiger partial charge is 0.497 e. The lowest BCUT2D eigenvalue weighted by Gasteiger charge is -2.30. The molecule has 0 aliphatic carbocycles. The van der Waals surface area contributed by atoms with Crippen molar-refractivity contribution in [1.82, 2.24) is 4.57 Å². The van der Waals surface area contributed by atoms with Crippen LogP contribution in [0.1, 0.15) is 33.6 Å². The third-order valence-corrected chi connectivity index (χ3v) is 11.5. The number of esters is 1. The number of benzene rings is 3. The second-order valence-corrected chi connectivity index (χ2v) is 14.5. The summed E-state index contributed by atoms with van der Waals surface area (Å²) in [6.45, 7) is 1.49. The molecular weight excluding hydrogens is 681 g/mol. The lowest BCUT2D eigenvalue weighted by Crippen LogP contribution is -2.33. The minimum Gasteiger partial charge on any atom is -0.497 e. The van der Waals surface area contributed by atoms with Gasteiger partial charge in [0.15, 0.2) is 0 Å². The molecule has 0 bridgehead atoms. The van der Waals surface area contributed by atoms with E-state index in [-0.39, 0.29) is 28.4 Å². The second-order valence-electron chi connectivity index (χ2n) is 10.8. The van der Waals surface area contributed by atoms with Crippen LogP contribution < -0.4 is 25.0 Å². The first kappa shape index (κ1) is 33.1. The lowest BCUT2D eigenvalue weighted by atomic mass is 9.83. The highest BCUT2D eigenvalue weighted by Crippen LogP contribution is 2.54. The molecule has 16 heteroatoms. The second kappa shape index (κ2) is 13.0. The molecule has 3 N–H and O–H groups in total. The van der Waals surface area contributed by atoms with Gasteiger partial charge in [0.1, 0.15) is 17.5 Å². The fourth-order valence-corrected chi connectivity index (χ4v) is 9.00. The topological polar surface area (TPSA) is 184 Å². The predicted molar refractivity (Wildman–Crippen MR) is 178 cm³/mol. The van der Waals surface area contributed by atoms with Gasteiger partial charge >= 0.3 is 10.8 Å². The quantitative estimate of drug-likeness (QED) is 0.193. The monoisotopic (exact) mass is 708 g/mol. The number of imide groups is 1. The highest BCUT2D eigenvalue weighted by atomic mass is 32.2. The molecule has 6 rings (SSSR count). The minimum absolute atomic E-state index is 0.126. The van der Waals surface area contributed by atoms with Crippen LogP contribution in [0.2, 0.25) is 0 Å². The van der Waals surface area contributed by atoms with Crippen molar-refractivity contribution < 1.29 is 37.1 Å². The molecule has 3 amide bonds. The zero-order valence-electron chi connectivity index (χ0n) is 25.4. The summed E-state index contributed by atoms with van der Waals surface area (Å²) in [7, 11) is -2.40. The number of carbonyl (C=O) groups is 4. The van der Waals surface area contributed by atoms with Gasteiger partial charge in [0.2, 0.25) is 27.7 Å². The Bertz CT molecular complexity index is 2090. The van der Waals surface area contributed by atoms with Crippen LogP contribution >= 0.6 is 23.1 Å². The first-order valence-electron chi connectivity index (χ1n) is 14.5. The van der Waals surface area contributed by atoms with E-state index in [1.54, 1.807) is 31.2 Å². The normalized spacial score (nSPS) is 18.6. The molecule has 248 valence electrons. The number of nitrogens with zero attached hydrogens (tertiary/aromatic N) is 2. The third kappa shape index (κ3) is 6.14. The van der Waals surface area contributed by atoms with Crippen molar-refractivity contribution in [3.05, 3.63) is 98.5 Å². The van der Waals surface area contributed by atoms with Gasteiger partial charge in [-0.3, -0.25) is 23.7 Å². The van der Waals surface area contributed by atoms with Crippen LogP contribution in [0.15, 0.2) is 87.5 Å². The molecule has 0 spiro atoms. The molecule has 48 heavy (non-hydrogen) atoms. The number of rotatable bonds is 9. The predicted octanol–water partition coefficient (Wildman–Crippen LogP) is 3.18. The molecule has 2 aliphatic heterocycles. The van der Waals surface area contributed by atoms with Gasteiger partial charge in [0.05, 0.1) is 40.8 Å². The number of amides is 3. The standard InChI is InChI=1S/C32H28N4O9S3/c1-3-45-31(40)18-4-10-20(11-5-18)36-28(38)25-24(17-6-12-21(44-2)13-7-17)27-30(46-26(25)29(36)39)35(32(41)47-27)16-23(37)34-19-8-14-22(15-9-19)48(33,42)43/h4-15,24-26H,3,16H2,1-2H3,(H,34,37)(H2,33,42,43)/t24-,25+,26-/m0/s1. The summed E-state index contributed by atoms with van der Waals surface area (Å²) in [4.78, 5) is 67.9. The molecular formula is C32H28N4O9S3. The zero-order chi connectivity index (χ0) is 34.3. The van der Waals surface area contributed by atoms with E-state index in [9.17, 15) is 32.4 Å². The summed E-state index contributed by atoms with van der Waals surface area (Å²) in [5, 5.41) is 7.27. The van der Waals surface area contributed by atoms with E-state index < -0.39 is 62.2 Å². The van der Waals surface area contributed by atoms with Crippen molar-refractivity contribution in [1.29, 1.82) is 0 Å². The van der Waals surface area contributed by atoms with Crippen LogP contribution in [0.3, 0.4) is 0 Å². The van der Waals surface area contributed by atoms with E-state index in [0.717, 1.165) is 28.0 Å². The van der Waals surface area contributed by atoms with E-state index in [0.29, 0.717) is 21.2 Å². The number of ether oxygens (including phenoxy) is 2. The molecule has 1 fully saturated rings. The van der Waals surface area contributed by atoms with E-state index in [4.69, 9.17) is 14.6 Å². The van der Waals surface area contributed by atoms with Crippen LogP contribution in [-0.2, 0) is 35.7 Å². The number of thiazole rings is 1. The van der Waals surface area contributed by atoms with Gasteiger partial charge in [-0.25, -0.2) is 23.3 Å². The van der Waals surface area contributed by atoms with E-state index in [1.165, 1.54) is 60.2 Å². The highest BCUT2D eigenvalue weighted by molar-refractivity contribution is 8.00. The molecule has 2 aliphatic rings. The van der Waals surface area contributed by atoms with Crippen LogP contribution in [0.5, 0.6) is 5.75 Å². The maximum atomic E-state index is 14.1. The smallest absolute Gasteiger partial charge is 0.338 e. The van der Waals surface area contributed by atoms with Gasteiger partial charge in [-0.05, 0) is 73.2 Å². The highest BCUT2D eigenvalue weighted by Gasteiger charge is 2.56. The van der Waals surface area contributed by atoms with E-state index >= 15 is 0 Å². The maximum absolute atomic E-state index is 14.1. The summed E-state index contributed by atoms with van der Waals surface area (Å²) in [5.74, 6) is -3.03. The molecule has 1 saturated heterocycles. The number of thioether (sulfide) groups is 1. The van der Waals surface area contributed by atoms with Crippen LogP contribution in [0.25, 0.3) is 0 Å². The Morgan fingerprint density at radius 2 is 1.60 bits per heavy atom. The number of sulfonamides is 1. The van der Waals surface area contributed by atoms with Crippen molar-refractivity contribution >= 4 is 68.2 Å². The molecule has 0 unspecified atom stereocenters. The van der Waals surface area contributed by atoms with Crippen LogP contribution in [0.4, 0.5) is 11.4 Å². The Hall–Kier alpha value is -4.77. The number of fused-ring (bicyclic) bond motifs is 2. The summed E-state index contributed by atoms with van der Waals surface area (Å²) in [6, 6.07) is 18.3. The molecule has 0 saturated carbocycles. The molecule has 4 aromatic rings. The fourth-order valence-electron chi connectivity index (χ4n) is 5.71. The van der Waals surface area contributed by atoms with E-state index in [1.807, 2.05) is 0 Å². The summed E-state index contributed by atoms with van der Waals surface area (Å²) >= 11 is 1.96. The van der Waals surface area contributed by atoms with Crippen LogP contribution in [0, 0.1) is 5.92 Å². The molecule has 0 radical (unpaired) electrons. The Labute approximate surface area is 282 Å². The number of anilines is 2. The minimum atomic E-state index is -3.92. The van der Waals surface area contributed by atoms with E-state index in [2.05, 4.69) is 5.32 Å². The molecule has 3 atom stereocenters. The number of primary sulfonamides is 1. The van der Waals surface area contributed by atoms with Gasteiger partial charge in [0.25, 0.3) is 0 Å². The Balaban J connectivity index is 1.35. The lowest BCUT2D eigenvalue weighted by molar-refractivity contribution is -0.122. The third-order valence-electron chi connectivity index (χ3n) is 7.93. The number of aromatic nitrogens is 1. The van der Waals surface area contributed by atoms with Crippen molar-refractivity contribution in [2.24, 2.45) is 11.1 Å². The number of methoxy groups -OCH3 is 1. The summed E-state index contributed by atoms with van der Waals surface area (Å²) < 4.78 is 34.8. The maximum Gasteiger partial charge on any atom is 0.338 e. The van der Waals surface area contributed by atoms with Gasteiger partial charge in [-0.1, -0.05) is 35.2 Å². The summed E-state index contributed by atoms with van der Waals surface area (Å²) in [6.07, 6.45) is 0. The number of hydrogen-bond donors (Lipinski definition) is 2. The van der Waals surface area contributed by atoms with Crippen molar-refractivity contribution in [3.63, 3.8) is 0 Å². The number of nitrogens with one attached hydrogen (secondary N) is 1. The van der Waals surface area contributed by atoms with Gasteiger partial charge in [-0.15, -0.1) is 0 Å². The van der Waals surface area contributed by atoms with Crippen LogP contribution in [-0.4, -0.2) is 55.6 Å². The SMILES string of the molecule is CCOC(=O)c1ccc(N2C(=O)[C@@H]3[C@H](c4ccc(OC)cc4)c4sc(=O)n(CC(=O)Nc5ccc(S(N)(=O)=O)cc5)c4S[C@@H]3C2=O)cc1. The van der Waals surface area contributed by atoms with Crippen molar-refractivity contribution in [2.45, 2.75) is 34.6 Å². The zero-order valence-corrected chi connectivity index (χ0v) is 27.9. The Kier molecular flexibility index (Phi) is 9.00. The molecule has 3 heterocycles. The average Bonchev–Trinajstić information content (AvgIpc) is 3.50. The Morgan fingerprint density at radius 3 is 2.21 bits per heavy atom. The molecule has 13 nitrogen and oxygen atoms in total.